The van der Waals surface area contributed by atoms with E-state index in [1.165, 1.54) is 18.7 Å². The van der Waals surface area contributed by atoms with E-state index in [9.17, 15) is 15.0 Å². The van der Waals surface area contributed by atoms with E-state index >= 15 is 0 Å². The van der Waals surface area contributed by atoms with Gasteiger partial charge in [0.25, 0.3) is 0 Å². The zero-order valence-corrected chi connectivity index (χ0v) is 22.8. The second kappa shape index (κ2) is 12.3. The minimum atomic E-state index is -1.19. The number of nitrogens with zero attached hydrogens (tertiary/aromatic N) is 4. The summed E-state index contributed by atoms with van der Waals surface area (Å²) in [6.07, 6.45) is 2.87. The molecule has 4 N–H and O–H groups in total. The van der Waals surface area contributed by atoms with Crippen LogP contribution in [0.25, 0.3) is 17.2 Å². The van der Waals surface area contributed by atoms with Crippen LogP contribution in [0.5, 0.6) is 11.5 Å². The summed E-state index contributed by atoms with van der Waals surface area (Å²) in [5.74, 6) is 1.22. The number of carbonyl (C=O) groups excluding carboxylic acids is 1. The van der Waals surface area contributed by atoms with Gasteiger partial charge in [0, 0.05) is 12.1 Å². The van der Waals surface area contributed by atoms with Crippen LogP contribution in [0.2, 0.25) is 0 Å². The van der Waals surface area contributed by atoms with Crippen molar-refractivity contribution in [3.05, 3.63) is 78.4 Å². The summed E-state index contributed by atoms with van der Waals surface area (Å²) in [6, 6.07) is 14.2. The second-order valence-electron chi connectivity index (χ2n) is 9.58. The number of methoxy groups -OCH3 is 2. The zero-order valence-electron chi connectivity index (χ0n) is 22.8. The smallest absolute Gasteiger partial charge is 0.244 e. The first kappa shape index (κ1) is 28.0. The Balaban J connectivity index is 1.38. The highest BCUT2D eigenvalue weighted by Crippen LogP contribution is 2.33. The van der Waals surface area contributed by atoms with E-state index in [2.05, 4.69) is 25.6 Å². The van der Waals surface area contributed by atoms with Crippen molar-refractivity contribution in [3.8, 4) is 11.5 Å². The number of hydrogen-bond acceptors (Lipinski definition) is 10. The number of fused-ring (bicyclic) bond motifs is 1. The van der Waals surface area contributed by atoms with Crippen molar-refractivity contribution in [2.45, 2.75) is 37.4 Å². The molecule has 1 amide bonds. The van der Waals surface area contributed by atoms with Crippen molar-refractivity contribution < 1.29 is 29.2 Å². The first-order valence-corrected chi connectivity index (χ1v) is 13.1. The van der Waals surface area contributed by atoms with Crippen LogP contribution in [0.4, 0.5) is 5.82 Å². The lowest BCUT2D eigenvalue weighted by molar-refractivity contribution is -0.118. The molecule has 12 heteroatoms. The zero-order chi connectivity index (χ0) is 28.9. The maximum atomic E-state index is 13.0. The quantitative estimate of drug-likeness (QED) is 0.213. The summed E-state index contributed by atoms with van der Waals surface area (Å²) in [7, 11) is 3.09. The van der Waals surface area contributed by atoms with Gasteiger partial charge in [-0.3, -0.25) is 9.36 Å². The van der Waals surface area contributed by atoms with Gasteiger partial charge in [-0.15, -0.1) is 0 Å². The minimum absolute atomic E-state index is 0.0499. The maximum absolute atomic E-state index is 13.0. The number of amides is 1. The first-order chi connectivity index (χ1) is 19.9. The number of nitrogens with one attached hydrogen (secondary N) is 2. The fourth-order valence-corrected chi connectivity index (χ4v) is 4.77. The molecule has 12 nitrogen and oxygen atoms in total. The Morgan fingerprint density at radius 2 is 1.85 bits per heavy atom. The number of benzene rings is 2. The normalized spacial score (nSPS) is 21.2. The molecule has 0 unspecified atom stereocenters. The summed E-state index contributed by atoms with van der Waals surface area (Å²) in [6.45, 7) is 1.58. The molecule has 0 radical (unpaired) electrons. The summed E-state index contributed by atoms with van der Waals surface area (Å²) in [5, 5.41) is 26.9. The van der Waals surface area contributed by atoms with Crippen LogP contribution in [0.3, 0.4) is 0 Å². The van der Waals surface area contributed by atoms with Crippen LogP contribution in [0.15, 0.2) is 67.3 Å². The molecule has 214 valence electrons. The Bertz CT molecular complexity index is 1500. The van der Waals surface area contributed by atoms with E-state index in [4.69, 9.17) is 14.2 Å². The SMILES string of the molecule is COc1cc(/C=C/C(=O)N[C@@H]2[C@H](O)[C@@H](CO)O[C@H]2n2cnc3c(N[C@H](C)c4ccccc4)ncnc32)cc(OC)c1. The van der Waals surface area contributed by atoms with Crippen molar-refractivity contribution in [1.29, 1.82) is 0 Å². The molecule has 5 atom stereocenters. The van der Waals surface area contributed by atoms with E-state index in [1.54, 1.807) is 43.1 Å². The van der Waals surface area contributed by atoms with Crippen molar-refractivity contribution in [2.75, 3.05) is 26.1 Å². The lowest BCUT2D eigenvalue weighted by atomic mass is 10.1. The van der Waals surface area contributed by atoms with Gasteiger partial charge in [0.15, 0.2) is 23.2 Å². The van der Waals surface area contributed by atoms with Gasteiger partial charge >= 0.3 is 0 Å². The van der Waals surface area contributed by atoms with Gasteiger partial charge in [0.1, 0.15) is 36.1 Å². The lowest BCUT2D eigenvalue weighted by Gasteiger charge is -2.22. The number of anilines is 1. The van der Waals surface area contributed by atoms with Crippen LogP contribution >= 0.6 is 0 Å². The number of rotatable bonds is 10. The second-order valence-corrected chi connectivity index (χ2v) is 9.58. The molecule has 1 aliphatic heterocycles. The van der Waals surface area contributed by atoms with Gasteiger partial charge in [-0.05, 0) is 36.3 Å². The van der Waals surface area contributed by atoms with Gasteiger partial charge in [0.2, 0.25) is 5.91 Å². The van der Waals surface area contributed by atoms with Crippen molar-refractivity contribution in [1.82, 2.24) is 24.8 Å². The third-order valence-corrected chi connectivity index (χ3v) is 6.95. The molecule has 1 aliphatic rings. The summed E-state index contributed by atoms with van der Waals surface area (Å²) >= 11 is 0. The van der Waals surface area contributed by atoms with Crippen LogP contribution in [0.1, 0.15) is 30.3 Å². The minimum Gasteiger partial charge on any atom is -0.497 e. The molecule has 1 saturated heterocycles. The van der Waals surface area contributed by atoms with Gasteiger partial charge in [-0.25, -0.2) is 15.0 Å². The molecule has 0 saturated carbocycles. The van der Waals surface area contributed by atoms with Gasteiger partial charge in [0.05, 0.1) is 33.2 Å². The number of aliphatic hydroxyl groups excluding tert-OH is 2. The number of aromatic nitrogens is 4. The topological polar surface area (TPSA) is 153 Å². The van der Waals surface area contributed by atoms with E-state index in [-0.39, 0.29) is 6.04 Å². The van der Waals surface area contributed by atoms with E-state index in [0.717, 1.165) is 5.56 Å². The number of hydrogen-bond donors (Lipinski definition) is 4. The van der Waals surface area contributed by atoms with Crippen LogP contribution < -0.4 is 20.1 Å². The lowest BCUT2D eigenvalue weighted by Crippen LogP contribution is -2.46. The highest BCUT2D eigenvalue weighted by molar-refractivity contribution is 5.92. The third kappa shape index (κ3) is 5.99. The van der Waals surface area contributed by atoms with Gasteiger partial charge in [-0.1, -0.05) is 30.3 Å². The molecule has 4 aromatic rings. The Morgan fingerprint density at radius 3 is 2.54 bits per heavy atom. The average Bonchev–Trinajstić information content (AvgIpc) is 3.57. The molecular weight excluding hydrogens is 528 g/mol. The van der Waals surface area contributed by atoms with Gasteiger partial charge in [-0.2, -0.15) is 0 Å². The van der Waals surface area contributed by atoms with Crippen LogP contribution in [0, 0.1) is 0 Å². The van der Waals surface area contributed by atoms with Crippen molar-refractivity contribution in [2.24, 2.45) is 0 Å². The summed E-state index contributed by atoms with van der Waals surface area (Å²) in [5.41, 5.74) is 2.70. The fraction of sp³-hybridized carbons (Fsp3) is 0.310. The Hall–Kier alpha value is -4.52. The Labute approximate surface area is 236 Å². The number of aliphatic hydroxyl groups is 2. The molecule has 3 heterocycles. The molecule has 2 aromatic carbocycles. The number of imidazole rings is 1. The Morgan fingerprint density at radius 1 is 1.12 bits per heavy atom. The number of ether oxygens (including phenoxy) is 3. The molecule has 0 aliphatic carbocycles. The standard InChI is InChI=1S/C29H32N6O6/c1-17(19-7-5-4-6-8-19)33-27-25-28(31-15-30-27)35(16-32-25)29-24(26(38)22(14-36)41-29)34-23(37)10-9-18-11-20(39-2)13-21(12-18)40-3/h4-13,15-17,22,24,26,29,36,38H,14H2,1-3H3,(H,34,37)(H,30,31,33)/b10-9+/t17-,22-,24-,26-,29-/m1/s1. The van der Waals surface area contributed by atoms with E-state index in [1.807, 2.05) is 37.3 Å². The molecule has 5 rings (SSSR count). The molecule has 2 aromatic heterocycles. The molecular formula is C29H32N6O6. The molecule has 41 heavy (non-hydrogen) atoms. The Kier molecular flexibility index (Phi) is 8.43. The maximum Gasteiger partial charge on any atom is 0.244 e. The van der Waals surface area contributed by atoms with Crippen molar-refractivity contribution >= 4 is 29.0 Å². The first-order valence-electron chi connectivity index (χ1n) is 13.1. The monoisotopic (exact) mass is 560 g/mol. The summed E-state index contributed by atoms with van der Waals surface area (Å²) < 4.78 is 18.2. The van der Waals surface area contributed by atoms with E-state index < -0.39 is 37.0 Å². The van der Waals surface area contributed by atoms with Crippen LogP contribution in [-0.4, -0.2) is 74.7 Å². The largest absolute Gasteiger partial charge is 0.497 e. The molecule has 1 fully saturated rings. The predicted molar refractivity (Wildman–Crippen MR) is 151 cm³/mol. The summed E-state index contributed by atoms with van der Waals surface area (Å²) in [4.78, 5) is 26.2. The fourth-order valence-electron chi connectivity index (χ4n) is 4.77. The molecule has 0 spiro atoms. The van der Waals surface area contributed by atoms with Crippen LogP contribution in [-0.2, 0) is 9.53 Å². The molecule has 0 bridgehead atoms. The highest BCUT2D eigenvalue weighted by atomic mass is 16.5. The van der Waals surface area contributed by atoms with Crippen molar-refractivity contribution in [3.63, 3.8) is 0 Å². The van der Waals surface area contributed by atoms with Gasteiger partial charge < -0.3 is 35.1 Å². The predicted octanol–water partition coefficient (Wildman–Crippen LogP) is 2.47. The number of carbonyl (C=O) groups is 1. The third-order valence-electron chi connectivity index (χ3n) is 6.95. The van der Waals surface area contributed by atoms with E-state index in [0.29, 0.717) is 34.0 Å². The highest BCUT2D eigenvalue weighted by Gasteiger charge is 2.45. The average molecular weight is 561 g/mol.